The minimum Gasteiger partial charge on any atom is -0.505 e. The molecule has 5 heteroatoms. The minimum atomic E-state index is -0.681. The lowest BCUT2D eigenvalue weighted by molar-refractivity contribution is -0.132. The van der Waals surface area contributed by atoms with E-state index in [0.29, 0.717) is 0 Å². The summed E-state index contributed by atoms with van der Waals surface area (Å²) in [5, 5.41) is 20.9. The van der Waals surface area contributed by atoms with Crippen molar-refractivity contribution in [1.29, 1.82) is 0 Å². The summed E-state index contributed by atoms with van der Waals surface area (Å²) < 4.78 is 0. The lowest BCUT2D eigenvalue weighted by Gasteiger charge is -2.18. The van der Waals surface area contributed by atoms with E-state index >= 15 is 0 Å². The molecular formula is C10H13NO4. The lowest BCUT2D eigenvalue weighted by Crippen LogP contribution is -2.30. The summed E-state index contributed by atoms with van der Waals surface area (Å²) in [5.41, 5.74) is 0.439. The molecule has 0 aromatic heterocycles. The van der Waals surface area contributed by atoms with E-state index in [9.17, 15) is 14.7 Å². The molecule has 82 valence electrons. The molecule has 3 N–H and O–H groups in total. The van der Waals surface area contributed by atoms with Crippen molar-refractivity contribution in [3.8, 4) is 0 Å². The molecule has 0 bridgehead atoms. The standard InChI is InChI=1S/C10H13NO4/c1-5-7(11-3-4-12)8(13)6(2)10(15)9(5)14/h11-13H,3-4H2,1-2H3. The van der Waals surface area contributed by atoms with E-state index in [1.807, 2.05) is 0 Å². The monoisotopic (exact) mass is 211 g/mol. The Morgan fingerprint density at radius 3 is 2.20 bits per heavy atom. The van der Waals surface area contributed by atoms with Crippen LogP contribution in [0.3, 0.4) is 0 Å². The van der Waals surface area contributed by atoms with Gasteiger partial charge in [0, 0.05) is 17.7 Å². The summed E-state index contributed by atoms with van der Waals surface area (Å²) in [6, 6.07) is 0. The Bertz CT molecular complexity index is 379. The van der Waals surface area contributed by atoms with Crippen molar-refractivity contribution in [3.63, 3.8) is 0 Å². The molecule has 1 aliphatic rings. The average molecular weight is 211 g/mol. The van der Waals surface area contributed by atoms with Gasteiger partial charge in [-0.2, -0.15) is 0 Å². The molecular weight excluding hydrogens is 198 g/mol. The van der Waals surface area contributed by atoms with Gasteiger partial charge in [-0.15, -0.1) is 0 Å². The van der Waals surface area contributed by atoms with Gasteiger partial charge in [-0.3, -0.25) is 9.59 Å². The fourth-order valence-electron chi connectivity index (χ4n) is 1.32. The SMILES string of the molecule is CC1=C(O)C(NCCO)=C(C)C(=O)C1=O. The number of carbonyl (C=O) groups is 2. The first-order valence-corrected chi connectivity index (χ1v) is 4.55. The van der Waals surface area contributed by atoms with Crippen LogP contribution in [0.15, 0.2) is 22.6 Å². The fourth-order valence-corrected chi connectivity index (χ4v) is 1.32. The maximum Gasteiger partial charge on any atom is 0.232 e. The summed E-state index contributed by atoms with van der Waals surface area (Å²) in [6.07, 6.45) is 0. The number of hydrogen-bond acceptors (Lipinski definition) is 5. The summed E-state index contributed by atoms with van der Waals surface area (Å²) in [5.74, 6) is -1.52. The predicted octanol–water partition coefficient (Wildman–Crippen LogP) is -0.174. The van der Waals surface area contributed by atoms with Crippen LogP contribution in [0.1, 0.15) is 13.8 Å². The average Bonchev–Trinajstić information content (AvgIpc) is 2.24. The van der Waals surface area contributed by atoms with Crippen molar-refractivity contribution in [1.82, 2.24) is 5.32 Å². The summed E-state index contributed by atoms with van der Waals surface area (Å²) >= 11 is 0. The highest BCUT2D eigenvalue weighted by molar-refractivity contribution is 6.50. The Hall–Kier alpha value is -1.62. The Morgan fingerprint density at radius 2 is 1.67 bits per heavy atom. The van der Waals surface area contributed by atoms with Gasteiger partial charge in [0.2, 0.25) is 11.6 Å². The van der Waals surface area contributed by atoms with Crippen molar-refractivity contribution in [3.05, 3.63) is 22.6 Å². The first kappa shape index (κ1) is 11.5. The zero-order valence-electron chi connectivity index (χ0n) is 8.63. The third-order valence-electron chi connectivity index (χ3n) is 2.27. The molecule has 0 spiro atoms. The number of hydrogen-bond donors (Lipinski definition) is 3. The molecule has 0 saturated heterocycles. The van der Waals surface area contributed by atoms with E-state index in [0.717, 1.165) is 0 Å². The normalized spacial score (nSPS) is 17.5. The van der Waals surface area contributed by atoms with E-state index in [2.05, 4.69) is 5.32 Å². The van der Waals surface area contributed by atoms with Crippen molar-refractivity contribution in [2.75, 3.05) is 13.2 Å². The highest BCUT2D eigenvalue weighted by atomic mass is 16.3. The molecule has 0 atom stereocenters. The van der Waals surface area contributed by atoms with Gasteiger partial charge in [-0.05, 0) is 13.8 Å². The van der Waals surface area contributed by atoms with E-state index in [4.69, 9.17) is 5.11 Å². The Morgan fingerprint density at radius 1 is 1.13 bits per heavy atom. The highest BCUT2D eigenvalue weighted by Crippen LogP contribution is 2.21. The number of Topliss-reactive ketones (excluding diaryl/α,β-unsaturated/α-hetero) is 2. The van der Waals surface area contributed by atoms with E-state index in [-0.39, 0.29) is 35.8 Å². The molecule has 0 aromatic rings. The van der Waals surface area contributed by atoms with Crippen LogP contribution in [0.25, 0.3) is 0 Å². The van der Waals surface area contributed by atoms with Crippen LogP contribution in [0.4, 0.5) is 0 Å². The first-order chi connectivity index (χ1) is 7.00. The zero-order valence-corrected chi connectivity index (χ0v) is 8.63. The van der Waals surface area contributed by atoms with Crippen molar-refractivity contribution in [2.45, 2.75) is 13.8 Å². The van der Waals surface area contributed by atoms with E-state index in [1.165, 1.54) is 13.8 Å². The van der Waals surface area contributed by atoms with Crippen LogP contribution in [0, 0.1) is 0 Å². The van der Waals surface area contributed by atoms with Crippen LogP contribution in [0.2, 0.25) is 0 Å². The van der Waals surface area contributed by atoms with Gasteiger partial charge in [0.25, 0.3) is 0 Å². The Kier molecular flexibility index (Phi) is 3.26. The van der Waals surface area contributed by atoms with Crippen LogP contribution >= 0.6 is 0 Å². The minimum absolute atomic E-state index is 0.0334. The molecule has 1 aliphatic carbocycles. The molecule has 0 amide bonds. The third-order valence-corrected chi connectivity index (χ3v) is 2.27. The largest absolute Gasteiger partial charge is 0.505 e. The molecule has 0 heterocycles. The summed E-state index contributed by atoms with van der Waals surface area (Å²) in [4.78, 5) is 22.7. The van der Waals surface area contributed by atoms with Gasteiger partial charge >= 0.3 is 0 Å². The highest BCUT2D eigenvalue weighted by Gasteiger charge is 2.30. The second-order valence-electron chi connectivity index (χ2n) is 3.28. The van der Waals surface area contributed by atoms with Crippen LogP contribution in [-0.4, -0.2) is 34.9 Å². The lowest BCUT2D eigenvalue weighted by atomic mass is 9.94. The Labute approximate surface area is 87.1 Å². The number of ketones is 2. The quantitative estimate of drug-likeness (QED) is 0.445. The van der Waals surface area contributed by atoms with E-state index in [1.54, 1.807) is 0 Å². The molecule has 0 unspecified atom stereocenters. The predicted molar refractivity (Wildman–Crippen MR) is 53.1 cm³/mol. The molecule has 0 fully saturated rings. The smallest absolute Gasteiger partial charge is 0.232 e. The number of aliphatic hydroxyl groups is 2. The molecule has 0 saturated carbocycles. The third kappa shape index (κ3) is 1.92. The van der Waals surface area contributed by atoms with Crippen molar-refractivity contribution < 1.29 is 19.8 Å². The Balaban J connectivity index is 3.11. The fraction of sp³-hybridized carbons (Fsp3) is 0.400. The summed E-state index contributed by atoms with van der Waals surface area (Å²) in [6.45, 7) is 2.95. The van der Waals surface area contributed by atoms with Gasteiger partial charge in [0.05, 0.1) is 12.3 Å². The van der Waals surface area contributed by atoms with Crippen molar-refractivity contribution >= 4 is 11.6 Å². The van der Waals surface area contributed by atoms with Gasteiger partial charge < -0.3 is 15.5 Å². The molecule has 5 nitrogen and oxygen atoms in total. The molecule has 0 radical (unpaired) electrons. The topological polar surface area (TPSA) is 86.6 Å². The second kappa shape index (κ2) is 4.27. The van der Waals surface area contributed by atoms with Crippen LogP contribution < -0.4 is 5.32 Å². The number of aliphatic hydroxyl groups excluding tert-OH is 2. The maximum atomic E-state index is 11.4. The number of rotatable bonds is 3. The van der Waals surface area contributed by atoms with Gasteiger partial charge in [0.1, 0.15) is 5.76 Å². The number of nitrogens with one attached hydrogen (secondary N) is 1. The van der Waals surface area contributed by atoms with Crippen LogP contribution in [0.5, 0.6) is 0 Å². The van der Waals surface area contributed by atoms with Gasteiger partial charge in [-0.1, -0.05) is 0 Å². The van der Waals surface area contributed by atoms with Crippen LogP contribution in [-0.2, 0) is 9.59 Å². The number of carbonyl (C=O) groups excluding carboxylic acids is 2. The summed E-state index contributed by atoms with van der Waals surface area (Å²) in [7, 11) is 0. The van der Waals surface area contributed by atoms with Crippen molar-refractivity contribution in [2.24, 2.45) is 0 Å². The maximum absolute atomic E-state index is 11.4. The zero-order chi connectivity index (χ0) is 11.6. The van der Waals surface area contributed by atoms with Gasteiger partial charge in [0.15, 0.2) is 0 Å². The molecule has 0 aromatic carbocycles. The van der Waals surface area contributed by atoms with E-state index < -0.39 is 11.6 Å². The molecule has 15 heavy (non-hydrogen) atoms. The van der Waals surface area contributed by atoms with Gasteiger partial charge in [-0.25, -0.2) is 0 Å². The number of allylic oxidation sites excluding steroid dienone is 2. The first-order valence-electron chi connectivity index (χ1n) is 4.55. The molecule has 0 aliphatic heterocycles. The second-order valence-corrected chi connectivity index (χ2v) is 3.28. The molecule has 1 rings (SSSR count).